The van der Waals surface area contributed by atoms with Crippen molar-refractivity contribution in [1.82, 2.24) is 4.90 Å². The van der Waals surface area contributed by atoms with Crippen LogP contribution in [0.15, 0.2) is 0 Å². The first-order chi connectivity index (χ1) is 7.67. The molecule has 0 aromatic rings. The molecule has 1 amide bonds. The molecule has 100 valence electrons. The molecule has 1 aliphatic heterocycles. The van der Waals surface area contributed by atoms with Gasteiger partial charge in [0.2, 0.25) is 5.91 Å². The Morgan fingerprint density at radius 1 is 1.47 bits per heavy atom. The fraction of sp³-hybridized carbons (Fsp3) is 0.917. The van der Waals surface area contributed by atoms with Crippen molar-refractivity contribution < 1.29 is 4.79 Å². The number of nitrogens with zero attached hydrogens (tertiary/aromatic N) is 1. The lowest BCUT2D eigenvalue weighted by Gasteiger charge is -2.22. The van der Waals surface area contributed by atoms with E-state index in [9.17, 15) is 4.79 Å². The number of halogens is 1. The summed E-state index contributed by atoms with van der Waals surface area (Å²) in [6.07, 6.45) is 5.31. The van der Waals surface area contributed by atoms with Gasteiger partial charge in [0.1, 0.15) is 0 Å². The maximum Gasteiger partial charge on any atom is 0.235 e. The number of rotatable bonds is 3. The van der Waals surface area contributed by atoms with E-state index >= 15 is 0 Å². The first-order valence-corrected chi connectivity index (χ1v) is 7.53. The van der Waals surface area contributed by atoms with Crippen LogP contribution in [-0.4, -0.2) is 41.4 Å². The maximum absolute atomic E-state index is 12.2. The predicted molar refractivity (Wildman–Crippen MR) is 75.6 cm³/mol. The SMILES string of the molecule is CCC(SC)C(=O)N1CC2CCC(N)C2C1.Cl. The van der Waals surface area contributed by atoms with Gasteiger partial charge in [0.05, 0.1) is 5.25 Å². The standard InChI is InChI=1S/C12H22N2OS.ClH/c1-3-11(16-2)12(15)14-6-8-4-5-10(13)9(8)7-14;/h8-11H,3-7,13H2,1-2H3;1H. The average Bonchev–Trinajstić information content (AvgIpc) is 2.83. The Morgan fingerprint density at radius 3 is 2.71 bits per heavy atom. The van der Waals surface area contributed by atoms with Gasteiger partial charge in [0.25, 0.3) is 0 Å². The van der Waals surface area contributed by atoms with Gasteiger partial charge in [-0.3, -0.25) is 4.79 Å². The molecule has 4 unspecified atom stereocenters. The van der Waals surface area contributed by atoms with Crippen molar-refractivity contribution >= 4 is 30.1 Å². The number of amides is 1. The van der Waals surface area contributed by atoms with Crippen LogP contribution in [0.4, 0.5) is 0 Å². The van der Waals surface area contributed by atoms with Crippen LogP contribution in [0, 0.1) is 11.8 Å². The number of thioether (sulfide) groups is 1. The second-order valence-electron chi connectivity index (χ2n) is 5.04. The molecule has 17 heavy (non-hydrogen) atoms. The number of likely N-dealkylation sites (tertiary alicyclic amines) is 1. The quantitative estimate of drug-likeness (QED) is 0.856. The lowest BCUT2D eigenvalue weighted by Crippen LogP contribution is -2.38. The molecule has 5 heteroatoms. The Labute approximate surface area is 114 Å². The number of hydrogen-bond acceptors (Lipinski definition) is 3. The van der Waals surface area contributed by atoms with E-state index in [1.54, 1.807) is 11.8 Å². The molecule has 2 aliphatic rings. The van der Waals surface area contributed by atoms with Crippen molar-refractivity contribution in [1.29, 1.82) is 0 Å². The number of nitrogens with two attached hydrogens (primary N) is 1. The number of hydrogen-bond donors (Lipinski definition) is 1. The molecule has 0 aromatic carbocycles. The van der Waals surface area contributed by atoms with Crippen LogP contribution in [0.5, 0.6) is 0 Å². The summed E-state index contributed by atoms with van der Waals surface area (Å²) in [7, 11) is 0. The molecule has 0 spiro atoms. The predicted octanol–water partition coefficient (Wildman–Crippen LogP) is 1.75. The molecule has 1 heterocycles. The van der Waals surface area contributed by atoms with Crippen LogP contribution >= 0.6 is 24.2 Å². The summed E-state index contributed by atoms with van der Waals surface area (Å²) in [5.41, 5.74) is 6.08. The van der Waals surface area contributed by atoms with E-state index < -0.39 is 0 Å². The molecule has 2 fully saturated rings. The largest absolute Gasteiger partial charge is 0.341 e. The van der Waals surface area contributed by atoms with Crippen LogP contribution in [0.3, 0.4) is 0 Å². The molecule has 2 N–H and O–H groups in total. The Kier molecular flexibility index (Phi) is 5.61. The molecule has 1 saturated heterocycles. The normalized spacial score (nSPS) is 33.1. The van der Waals surface area contributed by atoms with Crippen molar-refractivity contribution in [2.45, 2.75) is 37.5 Å². The monoisotopic (exact) mass is 278 g/mol. The van der Waals surface area contributed by atoms with Gasteiger partial charge in [-0.1, -0.05) is 6.92 Å². The summed E-state index contributed by atoms with van der Waals surface area (Å²) in [5, 5.41) is 0.148. The zero-order chi connectivity index (χ0) is 11.7. The summed E-state index contributed by atoms with van der Waals surface area (Å²) < 4.78 is 0. The summed E-state index contributed by atoms with van der Waals surface area (Å²) >= 11 is 1.67. The molecule has 3 nitrogen and oxygen atoms in total. The third kappa shape index (κ3) is 2.91. The third-order valence-electron chi connectivity index (χ3n) is 4.15. The zero-order valence-electron chi connectivity index (χ0n) is 10.6. The molecular weight excluding hydrogens is 256 g/mol. The van der Waals surface area contributed by atoms with Gasteiger partial charge in [-0.25, -0.2) is 0 Å². The Hall–Kier alpha value is 0.0700. The molecule has 2 rings (SSSR count). The first kappa shape index (κ1) is 15.1. The molecule has 1 saturated carbocycles. The lowest BCUT2D eigenvalue weighted by atomic mass is 9.98. The zero-order valence-corrected chi connectivity index (χ0v) is 12.2. The molecule has 1 aliphatic carbocycles. The highest BCUT2D eigenvalue weighted by Gasteiger charge is 2.43. The van der Waals surface area contributed by atoms with Crippen LogP contribution in [0.25, 0.3) is 0 Å². The summed E-state index contributed by atoms with van der Waals surface area (Å²) in [5.74, 6) is 1.58. The minimum Gasteiger partial charge on any atom is -0.341 e. The lowest BCUT2D eigenvalue weighted by molar-refractivity contribution is -0.129. The topological polar surface area (TPSA) is 46.3 Å². The first-order valence-electron chi connectivity index (χ1n) is 6.24. The van der Waals surface area contributed by atoms with Gasteiger partial charge >= 0.3 is 0 Å². The Morgan fingerprint density at radius 2 is 2.18 bits per heavy atom. The summed E-state index contributed by atoms with van der Waals surface area (Å²) in [4.78, 5) is 14.3. The van der Waals surface area contributed by atoms with E-state index in [2.05, 4.69) is 11.8 Å². The van der Waals surface area contributed by atoms with E-state index in [1.807, 2.05) is 6.26 Å². The van der Waals surface area contributed by atoms with E-state index in [0.717, 1.165) is 25.9 Å². The molecular formula is C12H23ClN2OS. The number of fused-ring (bicyclic) bond motifs is 1. The van der Waals surface area contributed by atoms with Crippen molar-refractivity contribution in [3.05, 3.63) is 0 Å². The highest BCUT2D eigenvalue weighted by atomic mass is 35.5. The molecule has 0 aromatic heterocycles. The van der Waals surface area contributed by atoms with E-state index in [-0.39, 0.29) is 17.7 Å². The van der Waals surface area contributed by atoms with E-state index in [4.69, 9.17) is 5.73 Å². The van der Waals surface area contributed by atoms with E-state index in [1.165, 1.54) is 6.42 Å². The minimum absolute atomic E-state index is 0. The van der Waals surface area contributed by atoms with E-state index in [0.29, 0.717) is 23.8 Å². The third-order valence-corrected chi connectivity index (χ3v) is 5.26. The van der Waals surface area contributed by atoms with Crippen LogP contribution in [0.1, 0.15) is 26.2 Å². The summed E-state index contributed by atoms with van der Waals surface area (Å²) in [6.45, 7) is 3.94. The second kappa shape index (κ2) is 6.30. The number of carbonyl (C=O) groups excluding carboxylic acids is 1. The van der Waals surface area contributed by atoms with Crippen LogP contribution in [0.2, 0.25) is 0 Å². The second-order valence-corrected chi connectivity index (χ2v) is 6.08. The van der Waals surface area contributed by atoms with Crippen molar-refractivity contribution in [2.24, 2.45) is 17.6 Å². The molecule has 4 atom stereocenters. The molecule has 0 bridgehead atoms. The van der Waals surface area contributed by atoms with Crippen molar-refractivity contribution in [3.8, 4) is 0 Å². The van der Waals surface area contributed by atoms with Crippen molar-refractivity contribution in [2.75, 3.05) is 19.3 Å². The van der Waals surface area contributed by atoms with Gasteiger partial charge < -0.3 is 10.6 Å². The average molecular weight is 279 g/mol. The van der Waals surface area contributed by atoms with Gasteiger partial charge in [-0.15, -0.1) is 12.4 Å². The molecule has 0 radical (unpaired) electrons. The smallest absolute Gasteiger partial charge is 0.235 e. The van der Waals surface area contributed by atoms with Crippen LogP contribution < -0.4 is 5.73 Å². The number of carbonyl (C=O) groups is 1. The fourth-order valence-corrected chi connectivity index (χ4v) is 3.82. The van der Waals surface area contributed by atoms with Gasteiger partial charge in [-0.2, -0.15) is 11.8 Å². The van der Waals surface area contributed by atoms with Crippen LogP contribution in [-0.2, 0) is 4.79 Å². The van der Waals surface area contributed by atoms with Gasteiger partial charge in [-0.05, 0) is 37.4 Å². The van der Waals surface area contributed by atoms with Gasteiger partial charge in [0.15, 0.2) is 0 Å². The highest BCUT2D eigenvalue weighted by molar-refractivity contribution is 7.99. The Bertz CT molecular complexity index is 273. The Balaban J connectivity index is 0.00000144. The maximum atomic E-state index is 12.2. The summed E-state index contributed by atoms with van der Waals surface area (Å²) in [6, 6.07) is 0.331. The van der Waals surface area contributed by atoms with Crippen molar-refractivity contribution in [3.63, 3.8) is 0 Å². The van der Waals surface area contributed by atoms with Gasteiger partial charge in [0, 0.05) is 19.1 Å². The highest BCUT2D eigenvalue weighted by Crippen LogP contribution is 2.37. The fourth-order valence-electron chi connectivity index (χ4n) is 3.13. The minimum atomic E-state index is 0.